The lowest BCUT2D eigenvalue weighted by atomic mass is 9.94. The highest BCUT2D eigenvalue weighted by Gasteiger charge is 2.26. The van der Waals surface area contributed by atoms with Crippen molar-refractivity contribution < 1.29 is 19.8 Å². The van der Waals surface area contributed by atoms with Crippen LogP contribution < -0.4 is 11.3 Å². The topological polar surface area (TPSA) is 159 Å². The van der Waals surface area contributed by atoms with Gasteiger partial charge >= 0.3 is 11.9 Å². The van der Waals surface area contributed by atoms with Crippen molar-refractivity contribution in [3.63, 3.8) is 0 Å². The highest BCUT2D eigenvalue weighted by molar-refractivity contribution is 6.29. The Balaban J connectivity index is 2.21. The molecule has 0 aliphatic rings. The van der Waals surface area contributed by atoms with Gasteiger partial charge in [0.25, 0.3) is 5.56 Å². The van der Waals surface area contributed by atoms with Crippen molar-refractivity contribution in [2.24, 2.45) is 0 Å². The number of hydrogen-bond acceptors (Lipinski definition) is 6. The van der Waals surface area contributed by atoms with Crippen LogP contribution in [0.25, 0.3) is 22.4 Å². The summed E-state index contributed by atoms with van der Waals surface area (Å²) in [5, 5.41) is 26.7. The first-order valence-electron chi connectivity index (χ1n) is 7.42. The van der Waals surface area contributed by atoms with E-state index in [2.05, 4.69) is 15.2 Å². The number of nitrogens with zero attached hydrogens (tertiary/aromatic N) is 2. The van der Waals surface area contributed by atoms with Crippen LogP contribution in [0.15, 0.2) is 41.2 Å². The van der Waals surface area contributed by atoms with Gasteiger partial charge in [0.05, 0.1) is 5.69 Å². The molecule has 0 aliphatic carbocycles. The fourth-order valence-electron chi connectivity index (χ4n) is 2.61. The summed E-state index contributed by atoms with van der Waals surface area (Å²) in [6.07, 6.45) is 0. The number of rotatable bonds is 4. The minimum absolute atomic E-state index is 0.202. The molecule has 9 nitrogen and oxygen atoms in total. The third-order valence-electron chi connectivity index (χ3n) is 3.77. The molecule has 10 heteroatoms. The van der Waals surface area contributed by atoms with E-state index in [0.717, 1.165) is 0 Å². The second-order valence-electron chi connectivity index (χ2n) is 5.42. The van der Waals surface area contributed by atoms with Crippen molar-refractivity contribution in [3.8, 4) is 22.4 Å². The molecule has 0 spiro atoms. The predicted molar refractivity (Wildman–Crippen MR) is 96.9 cm³/mol. The molecule has 0 radical (unpaired) electrons. The quantitative estimate of drug-likeness (QED) is 0.530. The van der Waals surface area contributed by atoms with Crippen molar-refractivity contribution in [1.82, 2.24) is 15.2 Å². The SMILES string of the molecule is Nc1[nH]c(=O)c(C(=O)O)c(-c2ccc(-c3ccc(Cl)nn3)cc2)c1C(=O)O. The van der Waals surface area contributed by atoms with Crippen LogP contribution in [-0.4, -0.2) is 37.3 Å². The molecule has 136 valence electrons. The van der Waals surface area contributed by atoms with E-state index in [-0.39, 0.29) is 16.3 Å². The summed E-state index contributed by atoms with van der Waals surface area (Å²) in [7, 11) is 0. The van der Waals surface area contributed by atoms with Gasteiger partial charge in [-0.25, -0.2) is 9.59 Å². The molecule has 27 heavy (non-hydrogen) atoms. The van der Waals surface area contributed by atoms with Gasteiger partial charge in [-0.1, -0.05) is 35.9 Å². The van der Waals surface area contributed by atoms with E-state index in [1.165, 1.54) is 12.1 Å². The van der Waals surface area contributed by atoms with Crippen LogP contribution in [0.2, 0.25) is 5.15 Å². The van der Waals surface area contributed by atoms with E-state index in [1.807, 2.05) is 0 Å². The average Bonchev–Trinajstić information content (AvgIpc) is 2.61. The van der Waals surface area contributed by atoms with E-state index in [0.29, 0.717) is 11.3 Å². The number of nitrogen functional groups attached to an aromatic ring is 1. The first-order valence-corrected chi connectivity index (χ1v) is 7.79. The number of halogens is 1. The zero-order valence-corrected chi connectivity index (χ0v) is 14.2. The van der Waals surface area contributed by atoms with Crippen LogP contribution in [0.3, 0.4) is 0 Å². The number of H-pyrrole nitrogens is 1. The van der Waals surface area contributed by atoms with Gasteiger partial charge in [-0.15, -0.1) is 10.2 Å². The van der Waals surface area contributed by atoms with Crippen LogP contribution in [0.5, 0.6) is 0 Å². The van der Waals surface area contributed by atoms with Crippen LogP contribution in [0.4, 0.5) is 5.82 Å². The number of hydrogen-bond donors (Lipinski definition) is 4. The minimum atomic E-state index is -1.57. The number of carboxylic acid groups (broad SMARTS) is 2. The Morgan fingerprint density at radius 3 is 2.04 bits per heavy atom. The van der Waals surface area contributed by atoms with Gasteiger partial charge in [0.2, 0.25) is 0 Å². The van der Waals surface area contributed by atoms with Gasteiger partial charge in [-0.2, -0.15) is 0 Å². The van der Waals surface area contributed by atoms with Gasteiger partial charge in [0.1, 0.15) is 16.9 Å². The number of benzene rings is 1. The maximum Gasteiger partial charge on any atom is 0.342 e. The molecule has 0 amide bonds. The zero-order valence-electron chi connectivity index (χ0n) is 13.4. The van der Waals surface area contributed by atoms with Crippen molar-refractivity contribution in [2.45, 2.75) is 0 Å². The van der Waals surface area contributed by atoms with Crippen molar-refractivity contribution in [1.29, 1.82) is 0 Å². The van der Waals surface area contributed by atoms with Gasteiger partial charge in [0, 0.05) is 11.1 Å². The maximum atomic E-state index is 12.0. The van der Waals surface area contributed by atoms with Gasteiger partial charge in [0.15, 0.2) is 5.15 Å². The number of aromatic carboxylic acids is 2. The van der Waals surface area contributed by atoms with Gasteiger partial charge < -0.3 is 20.9 Å². The zero-order chi connectivity index (χ0) is 19.7. The Hall–Kier alpha value is -3.72. The first kappa shape index (κ1) is 18.1. The monoisotopic (exact) mass is 386 g/mol. The van der Waals surface area contributed by atoms with Crippen LogP contribution >= 0.6 is 11.6 Å². The van der Waals surface area contributed by atoms with Gasteiger partial charge in [-0.05, 0) is 17.7 Å². The largest absolute Gasteiger partial charge is 0.478 e. The highest BCUT2D eigenvalue weighted by atomic mass is 35.5. The molecule has 3 aromatic rings. The molecule has 2 aromatic heterocycles. The number of pyridine rings is 1. The van der Waals surface area contributed by atoms with Gasteiger partial charge in [-0.3, -0.25) is 4.79 Å². The summed E-state index contributed by atoms with van der Waals surface area (Å²) in [5.41, 5.74) is 4.48. The smallest absolute Gasteiger partial charge is 0.342 e. The molecule has 0 unspecified atom stereocenters. The molecule has 0 atom stereocenters. The second-order valence-corrected chi connectivity index (χ2v) is 5.81. The van der Waals surface area contributed by atoms with Crippen LogP contribution in [-0.2, 0) is 0 Å². The number of nitrogens with one attached hydrogen (secondary N) is 1. The van der Waals surface area contributed by atoms with E-state index < -0.39 is 34.4 Å². The summed E-state index contributed by atoms with van der Waals surface area (Å²) in [6.45, 7) is 0. The van der Waals surface area contributed by atoms with E-state index in [1.54, 1.807) is 24.3 Å². The summed E-state index contributed by atoms with van der Waals surface area (Å²) in [4.78, 5) is 37.2. The van der Waals surface area contributed by atoms with Crippen LogP contribution in [0, 0.1) is 0 Å². The standard InChI is InChI=1S/C17H11ClN4O5/c18-10-6-5-9(21-22-10)7-1-3-8(4-2-7)11-12(16(24)25)14(19)20-15(23)13(11)17(26)27/h1-6H,(H,24,25)(H,26,27)(H3,19,20,23). The number of nitrogens with two attached hydrogens (primary N) is 1. The highest BCUT2D eigenvalue weighted by Crippen LogP contribution is 2.30. The normalized spacial score (nSPS) is 10.6. The third kappa shape index (κ3) is 3.35. The molecule has 1 aromatic carbocycles. The predicted octanol–water partition coefficient (Wildman–Crippen LogP) is 2.13. The summed E-state index contributed by atoms with van der Waals surface area (Å²) < 4.78 is 0. The Morgan fingerprint density at radius 1 is 0.926 bits per heavy atom. The molecule has 0 bridgehead atoms. The number of carboxylic acids is 2. The Bertz CT molecular complexity index is 1110. The second kappa shape index (κ2) is 6.89. The molecule has 0 aliphatic heterocycles. The lowest BCUT2D eigenvalue weighted by Gasteiger charge is -2.12. The van der Waals surface area contributed by atoms with Crippen molar-refractivity contribution in [2.75, 3.05) is 5.73 Å². The molecule has 0 fully saturated rings. The van der Waals surface area contributed by atoms with Crippen molar-refractivity contribution in [3.05, 3.63) is 63.0 Å². The number of aromatic nitrogens is 3. The Morgan fingerprint density at radius 2 is 1.52 bits per heavy atom. The van der Waals surface area contributed by atoms with E-state index >= 15 is 0 Å². The summed E-state index contributed by atoms with van der Waals surface area (Å²) in [6, 6.07) is 9.31. The van der Waals surface area contributed by atoms with Crippen molar-refractivity contribution >= 4 is 29.4 Å². The molecule has 0 saturated carbocycles. The Kier molecular flexibility index (Phi) is 4.61. The van der Waals surface area contributed by atoms with E-state index in [9.17, 15) is 24.6 Å². The molecular formula is C17H11ClN4O5. The number of carbonyl (C=O) groups is 2. The number of aromatic amines is 1. The summed E-state index contributed by atoms with van der Waals surface area (Å²) >= 11 is 5.70. The number of anilines is 1. The molecule has 3 rings (SSSR count). The molecule has 0 saturated heterocycles. The third-order valence-corrected chi connectivity index (χ3v) is 3.98. The maximum absolute atomic E-state index is 12.0. The van der Waals surface area contributed by atoms with E-state index in [4.69, 9.17) is 17.3 Å². The average molecular weight is 387 g/mol. The fourth-order valence-corrected chi connectivity index (χ4v) is 2.71. The lowest BCUT2D eigenvalue weighted by molar-refractivity contribution is 0.0695. The first-order chi connectivity index (χ1) is 12.8. The summed E-state index contributed by atoms with van der Waals surface area (Å²) in [5.74, 6) is -3.46. The molecule has 5 N–H and O–H groups in total. The molecule has 2 heterocycles. The Labute approximate surface area is 156 Å². The van der Waals surface area contributed by atoms with Crippen LogP contribution in [0.1, 0.15) is 20.7 Å². The minimum Gasteiger partial charge on any atom is -0.478 e. The fraction of sp³-hybridized carbons (Fsp3) is 0. The molecular weight excluding hydrogens is 376 g/mol. The lowest BCUT2D eigenvalue weighted by Crippen LogP contribution is -2.24.